The topological polar surface area (TPSA) is 34.1 Å². The van der Waals surface area contributed by atoms with Crippen LogP contribution >= 0.6 is 0 Å². The molecule has 0 radical (unpaired) electrons. The fraction of sp³-hybridized carbons (Fsp3) is 0.353. The number of halogens is 1. The molecular weight excluding hydrogens is 267 g/mol. The van der Waals surface area contributed by atoms with Crippen molar-refractivity contribution in [1.82, 2.24) is 10.3 Å². The van der Waals surface area contributed by atoms with Crippen molar-refractivity contribution in [2.75, 3.05) is 13.7 Å². The molecule has 2 aromatic rings. The second-order valence-electron chi connectivity index (χ2n) is 4.94. The summed E-state index contributed by atoms with van der Waals surface area (Å²) >= 11 is 0. The third-order valence-corrected chi connectivity index (χ3v) is 3.34. The third kappa shape index (κ3) is 4.26. The van der Waals surface area contributed by atoms with Gasteiger partial charge in [-0.05, 0) is 43.1 Å². The zero-order valence-corrected chi connectivity index (χ0v) is 12.5. The summed E-state index contributed by atoms with van der Waals surface area (Å²) in [6.07, 6.45) is 5.02. The molecule has 0 saturated heterocycles. The number of likely N-dealkylation sites (N-methyl/N-ethyl adjacent to an activating group) is 1. The van der Waals surface area contributed by atoms with Gasteiger partial charge < -0.3 is 10.1 Å². The first-order valence-corrected chi connectivity index (χ1v) is 7.23. The van der Waals surface area contributed by atoms with E-state index < -0.39 is 0 Å². The lowest BCUT2D eigenvalue weighted by atomic mass is 10.00. The molecule has 2 rings (SSSR count). The molecular formula is C17H21FN2O. The number of ether oxygens (including phenoxy) is 1. The summed E-state index contributed by atoms with van der Waals surface area (Å²) < 4.78 is 19.4. The second-order valence-corrected chi connectivity index (χ2v) is 4.94. The summed E-state index contributed by atoms with van der Waals surface area (Å²) in [7, 11) is 1.87. The first kappa shape index (κ1) is 15.4. The predicted molar refractivity (Wildman–Crippen MR) is 81.9 cm³/mol. The maximum atomic E-state index is 13.8. The van der Waals surface area contributed by atoms with E-state index in [0.29, 0.717) is 18.6 Å². The molecule has 0 aliphatic rings. The van der Waals surface area contributed by atoms with Crippen LogP contribution < -0.4 is 10.1 Å². The maximum absolute atomic E-state index is 13.8. The largest absolute Gasteiger partial charge is 0.492 e. The molecule has 1 aromatic heterocycles. The lowest BCUT2D eigenvalue weighted by Crippen LogP contribution is -2.19. The highest BCUT2D eigenvalue weighted by atomic mass is 19.1. The summed E-state index contributed by atoms with van der Waals surface area (Å²) in [5, 5.41) is 3.22. The van der Waals surface area contributed by atoms with Crippen molar-refractivity contribution < 1.29 is 9.13 Å². The molecule has 1 unspecified atom stereocenters. The third-order valence-electron chi connectivity index (χ3n) is 3.34. The van der Waals surface area contributed by atoms with Crippen molar-refractivity contribution in [3.63, 3.8) is 0 Å². The Morgan fingerprint density at radius 2 is 2.10 bits per heavy atom. The van der Waals surface area contributed by atoms with Crippen LogP contribution in [0.15, 0.2) is 42.7 Å². The quantitative estimate of drug-likeness (QED) is 0.846. The molecule has 0 fully saturated rings. The number of aromatic nitrogens is 1. The number of hydrogen-bond acceptors (Lipinski definition) is 3. The molecule has 0 bridgehead atoms. The molecule has 0 saturated carbocycles. The van der Waals surface area contributed by atoms with Crippen LogP contribution in [-0.4, -0.2) is 18.6 Å². The number of pyridine rings is 1. The monoisotopic (exact) mass is 288 g/mol. The van der Waals surface area contributed by atoms with E-state index in [-0.39, 0.29) is 11.9 Å². The molecule has 112 valence electrons. The van der Waals surface area contributed by atoms with Crippen molar-refractivity contribution in [3.8, 4) is 5.75 Å². The van der Waals surface area contributed by atoms with Gasteiger partial charge >= 0.3 is 0 Å². The van der Waals surface area contributed by atoms with Gasteiger partial charge in [0.15, 0.2) is 0 Å². The smallest absolute Gasteiger partial charge is 0.137 e. The van der Waals surface area contributed by atoms with Gasteiger partial charge in [0.2, 0.25) is 0 Å². The fourth-order valence-electron chi connectivity index (χ4n) is 2.20. The average molecular weight is 288 g/mol. The molecule has 1 heterocycles. The lowest BCUT2D eigenvalue weighted by molar-refractivity contribution is 0.315. The molecule has 21 heavy (non-hydrogen) atoms. The number of benzene rings is 1. The number of nitrogens with one attached hydrogen (secondary N) is 1. The van der Waals surface area contributed by atoms with Gasteiger partial charge in [-0.2, -0.15) is 0 Å². The van der Waals surface area contributed by atoms with Gasteiger partial charge in [0.1, 0.15) is 11.6 Å². The van der Waals surface area contributed by atoms with Crippen molar-refractivity contribution in [2.45, 2.75) is 25.8 Å². The van der Waals surface area contributed by atoms with Crippen molar-refractivity contribution >= 4 is 0 Å². The SMILES string of the molecule is CCCOc1cncc(C(Cc2ccccc2F)NC)c1. The number of rotatable bonds is 7. The van der Waals surface area contributed by atoms with Gasteiger partial charge in [-0.1, -0.05) is 25.1 Å². The molecule has 1 atom stereocenters. The molecule has 0 aliphatic heterocycles. The van der Waals surface area contributed by atoms with E-state index in [2.05, 4.69) is 17.2 Å². The van der Waals surface area contributed by atoms with Crippen LogP contribution in [0.2, 0.25) is 0 Å². The molecule has 1 N–H and O–H groups in total. The van der Waals surface area contributed by atoms with Gasteiger partial charge in [-0.3, -0.25) is 4.98 Å². The fourth-order valence-corrected chi connectivity index (χ4v) is 2.20. The Labute approximate surface area is 125 Å². The standard InChI is InChI=1S/C17H21FN2O/c1-3-8-21-15-9-14(11-20-12-15)17(19-2)10-13-6-4-5-7-16(13)18/h4-7,9,11-12,17,19H,3,8,10H2,1-2H3. The van der Waals surface area contributed by atoms with E-state index >= 15 is 0 Å². The molecule has 1 aromatic carbocycles. The van der Waals surface area contributed by atoms with Crippen LogP contribution in [-0.2, 0) is 6.42 Å². The Morgan fingerprint density at radius 3 is 2.81 bits per heavy atom. The second kappa shape index (κ2) is 7.74. The maximum Gasteiger partial charge on any atom is 0.137 e. The highest BCUT2D eigenvalue weighted by molar-refractivity contribution is 5.28. The van der Waals surface area contributed by atoms with E-state index in [9.17, 15) is 4.39 Å². The molecule has 0 amide bonds. The Bertz CT molecular complexity index is 574. The predicted octanol–water partition coefficient (Wildman–Crippen LogP) is 3.51. The number of nitrogens with zero attached hydrogens (tertiary/aromatic N) is 1. The van der Waals surface area contributed by atoms with E-state index in [4.69, 9.17) is 4.74 Å². The average Bonchev–Trinajstić information content (AvgIpc) is 2.52. The van der Waals surface area contributed by atoms with Gasteiger partial charge in [0.05, 0.1) is 12.8 Å². The zero-order chi connectivity index (χ0) is 15.1. The van der Waals surface area contributed by atoms with Crippen LogP contribution in [0.25, 0.3) is 0 Å². The van der Waals surface area contributed by atoms with E-state index in [0.717, 1.165) is 17.7 Å². The summed E-state index contributed by atoms with van der Waals surface area (Å²) in [6.45, 7) is 2.73. The van der Waals surface area contributed by atoms with Gasteiger partial charge in [0.25, 0.3) is 0 Å². The van der Waals surface area contributed by atoms with Gasteiger partial charge in [-0.15, -0.1) is 0 Å². The Morgan fingerprint density at radius 1 is 1.29 bits per heavy atom. The van der Waals surface area contributed by atoms with Crippen LogP contribution in [0.1, 0.15) is 30.5 Å². The highest BCUT2D eigenvalue weighted by Gasteiger charge is 2.13. The van der Waals surface area contributed by atoms with Crippen LogP contribution in [0, 0.1) is 5.82 Å². The first-order chi connectivity index (χ1) is 10.2. The van der Waals surface area contributed by atoms with Crippen molar-refractivity contribution in [1.29, 1.82) is 0 Å². The van der Waals surface area contributed by atoms with Crippen LogP contribution in [0.5, 0.6) is 5.75 Å². The van der Waals surface area contributed by atoms with E-state index in [1.807, 2.05) is 25.2 Å². The minimum Gasteiger partial charge on any atom is -0.492 e. The normalized spacial score (nSPS) is 12.1. The first-order valence-electron chi connectivity index (χ1n) is 7.23. The summed E-state index contributed by atoms with van der Waals surface area (Å²) in [5.74, 6) is 0.576. The zero-order valence-electron chi connectivity index (χ0n) is 12.5. The van der Waals surface area contributed by atoms with E-state index in [1.54, 1.807) is 18.5 Å². The molecule has 3 nitrogen and oxygen atoms in total. The molecule has 0 spiro atoms. The Hall–Kier alpha value is -1.94. The number of hydrogen-bond donors (Lipinski definition) is 1. The summed E-state index contributed by atoms with van der Waals surface area (Å²) in [5.41, 5.74) is 1.69. The van der Waals surface area contributed by atoms with Crippen LogP contribution in [0.4, 0.5) is 4.39 Å². The Kier molecular flexibility index (Phi) is 5.69. The van der Waals surface area contributed by atoms with E-state index in [1.165, 1.54) is 6.07 Å². The minimum atomic E-state index is -0.177. The lowest BCUT2D eigenvalue weighted by Gasteiger charge is -2.17. The summed E-state index contributed by atoms with van der Waals surface area (Å²) in [6, 6.07) is 8.81. The minimum absolute atomic E-state index is 0.000392. The highest BCUT2D eigenvalue weighted by Crippen LogP contribution is 2.22. The Balaban J connectivity index is 2.15. The van der Waals surface area contributed by atoms with Crippen LogP contribution in [0.3, 0.4) is 0 Å². The van der Waals surface area contributed by atoms with Crippen molar-refractivity contribution in [3.05, 3.63) is 59.7 Å². The molecule has 4 heteroatoms. The summed E-state index contributed by atoms with van der Waals surface area (Å²) in [4.78, 5) is 4.21. The van der Waals surface area contributed by atoms with Gasteiger partial charge in [-0.25, -0.2) is 4.39 Å². The van der Waals surface area contributed by atoms with Crippen molar-refractivity contribution in [2.24, 2.45) is 0 Å². The molecule has 0 aliphatic carbocycles. The van der Waals surface area contributed by atoms with Gasteiger partial charge in [0, 0.05) is 12.2 Å².